The van der Waals surface area contributed by atoms with Gasteiger partial charge in [-0.05, 0) is 36.4 Å². The highest BCUT2D eigenvalue weighted by atomic mass is 79.9. The number of thioether (sulfide) groups is 1. The molecule has 2 heteroatoms. The number of halogens is 1. The van der Waals surface area contributed by atoms with Crippen molar-refractivity contribution in [2.75, 3.05) is 6.26 Å². The molecule has 64 valence electrons. The second-order valence-corrected chi connectivity index (χ2v) is 4.19. The summed E-state index contributed by atoms with van der Waals surface area (Å²) in [5, 5.41) is 0. The Bertz CT molecular complexity index is 305. The van der Waals surface area contributed by atoms with Crippen LogP contribution in [0.1, 0.15) is 11.1 Å². The second kappa shape index (κ2) is 4.15. The molecule has 0 saturated heterocycles. The van der Waals surface area contributed by atoms with Gasteiger partial charge in [0, 0.05) is 9.37 Å². The van der Waals surface area contributed by atoms with Crippen LogP contribution in [0.5, 0.6) is 0 Å². The van der Waals surface area contributed by atoms with Crippen LogP contribution in [0.25, 0.3) is 6.08 Å². The van der Waals surface area contributed by atoms with Crippen molar-refractivity contribution >= 4 is 33.8 Å². The molecular weight excluding hydrogens is 232 g/mol. The lowest BCUT2D eigenvalue weighted by molar-refractivity contribution is 1.31. The summed E-state index contributed by atoms with van der Waals surface area (Å²) in [5.41, 5.74) is 2.49. The molecule has 0 aromatic heterocycles. The Kier molecular flexibility index (Phi) is 3.41. The SMILES string of the molecule is C=Cc1c(SC)ccc(Br)c1C. The van der Waals surface area contributed by atoms with Crippen molar-refractivity contribution in [1.29, 1.82) is 0 Å². The topological polar surface area (TPSA) is 0 Å². The molecule has 0 heterocycles. The minimum absolute atomic E-state index is 1.15. The Hall–Kier alpha value is -0.210. The fraction of sp³-hybridized carbons (Fsp3) is 0.200. The van der Waals surface area contributed by atoms with Crippen molar-refractivity contribution in [3.63, 3.8) is 0 Å². The van der Waals surface area contributed by atoms with Gasteiger partial charge < -0.3 is 0 Å². The van der Waals surface area contributed by atoms with E-state index in [4.69, 9.17) is 0 Å². The Balaban J connectivity index is 3.35. The predicted molar refractivity (Wildman–Crippen MR) is 60.8 cm³/mol. The van der Waals surface area contributed by atoms with Gasteiger partial charge in [-0.2, -0.15) is 0 Å². The monoisotopic (exact) mass is 242 g/mol. The van der Waals surface area contributed by atoms with Crippen LogP contribution in [0, 0.1) is 6.92 Å². The zero-order valence-corrected chi connectivity index (χ0v) is 9.63. The molecule has 0 radical (unpaired) electrons. The van der Waals surface area contributed by atoms with Crippen LogP contribution in [0.2, 0.25) is 0 Å². The van der Waals surface area contributed by atoms with E-state index < -0.39 is 0 Å². The van der Waals surface area contributed by atoms with Crippen molar-refractivity contribution in [2.45, 2.75) is 11.8 Å². The van der Waals surface area contributed by atoms with E-state index in [0.29, 0.717) is 0 Å². The van der Waals surface area contributed by atoms with E-state index in [1.807, 2.05) is 6.08 Å². The van der Waals surface area contributed by atoms with E-state index in [9.17, 15) is 0 Å². The molecule has 0 amide bonds. The summed E-state index contributed by atoms with van der Waals surface area (Å²) in [6.45, 7) is 5.91. The van der Waals surface area contributed by atoms with Gasteiger partial charge in [-0.1, -0.05) is 28.6 Å². The van der Waals surface area contributed by atoms with Crippen molar-refractivity contribution in [3.05, 3.63) is 34.3 Å². The number of hydrogen-bond donors (Lipinski definition) is 0. The molecule has 0 unspecified atom stereocenters. The van der Waals surface area contributed by atoms with Gasteiger partial charge in [0.25, 0.3) is 0 Å². The minimum atomic E-state index is 1.15. The molecule has 0 fully saturated rings. The average molecular weight is 243 g/mol. The molecule has 0 saturated carbocycles. The van der Waals surface area contributed by atoms with Crippen molar-refractivity contribution in [2.24, 2.45) is 0 Å². The van der Waals surface area contributed by atoms with Gasteiger partial charge in [0.05, 0.1) is 0 Å². The molecule has 12 heavy (non-hydrogen) atoms. The van der Waals surface area contributed by atoms with Crippen LogP contribution in [0.3, 0.4) is 0 Å². The molecule has 0 aliphatic carbocycles. The van der Waals surface area contributed by atoms with Crippen LogP contribution in [0.15, 0.2) is 28.1 Å². The van der Waals surface area contributed by atoms with E-state index in [-0.39, 0.29) is 0 Å². The van der Waals surface area contributed by atoms with Gasteiger partial charge in [-0.25, -0.2) is 0 Å². The molecular formula is C10H11BrS. The van der Waals surface area contributed by atoms with Crippen molar-refractivity contribution in [3.8, 4) is 0 Å². The van der Waals surface area contributed by atoms with Crippen LogP contribution in [-0.4, -0.2) is 6.26 Å². The zero-order chi connectivity index (χ0) is 9.14. The third kappa shape index (κ3) is 1.75. The molecule has 0 atom stereocenters. The van der Waals surface area contributed by atoms with Gasteiger partial charge in [-0.3, -0.25) is 0 Å². The lowest BCUT2D eigenvalue weighted by Gasteiger charge is -2.07. The molecule has 0 nitrogen and oxygen atoms in total. The van der Waals surface area contributed by atoms with E-state index in [0.717, 1.165) is 4.47 Å². The first kappa shape index (κ1) is 9.87. The van der Waals surface area contributed by atoms with Gasteiger partial charge in [0.2, 0.25) is 0 Å². The molecule has 1 aromatic carbocycles. The average Bonchev–Trinajstić information content (AvgIpc) is 2.09. The smallest absolute Gasteiger partial charge is 0.0211 e. The molecule has 1 aromatic rings. The van der Waals surface area contributed by atoms with Crippen LogP contribution in [-0.2, 0) is 0 Å². The minimum Gasteiger partial charge on any atom is -0.129 e. The maximum atomic E-state index is 3.81. The lowest BCUT2D eigenvalue weighted by atomic mass is 10.1. The predicted octanol–water partition coefficient (Wildman–Crippen LogP) is 4.12. The summed E-state index contributed by atoms with van der Waals surface area (Å²) in [7, 11) is 0. The highest BCUT2D eigenvalue weighted by Crippen LogP contribution is 2.29. The maximum absolute atomic E-state index is 3.81. The number of hydrogen-bond acceptors (Lipinski definition) is 1. The Labute approximate surface area is 86.2 Å². The quantitative estimate of drug-likeness (QED) is 0.704. The number of benzene rings is 1. The molecule has 0 N–H and O–H groups in total. The molecule has 0 bridgehead atoms. The van der Waals surface area contributed by atoms with Crippen molar-refractivity contribution < 1.29 is 0 Å². The molecule has 1 rings (SSSR count). The lowest BCUT2D eigenvalue weighted by Crippen LogP contribution is -1.85. The standard InChI is InChI=1S/C10H11BrS/c1-4-8-7(2)9(11)5-6-10(8)12-3/h4-6H,1H2,2-3H3. The first-order valence-corrected chi connectivity index (χ1v) is 5.68. The summed E-state index contributed by atoms with van der Waals surface area (Å²) in [6, 6.07) is 4.19. The fourth-order valence-electron chi connectivity index (χ4n) is 1.11. The Morgan fingerprint density at radius 1 is 1.50 bits per heavy atom. The third-order valence-electron chi connectivity index (χ3n) is 1.83. The summed E-state index contributed by atoms with van der Waals surface area (Å²) in [6.07, 6.45) is 3.99. The van der Waals surface area contributed by atoms with Gasteiger partial charge in [0.15, 0.2) is 0 Å². The third-order valence-corrected chi connectivity index (χ3v) is 3.49. The normalized spacial score (nSPS) is 9.92. The zero-order valence-electron chi connectivity index (χ0n) is 7.23. The largest absolute Gasteiger partial charge is 0.129 e. The second-order valence-electron chi connectivity index (χ2n) is 2.49. The fourth-order valence-corrected chi connectivity index (χ4v) is 2.11. The summed E-state index contributed by atoms with van der Waals surface area (Å²) in [4.78, 5) is 1.28. The number of rotatable bonds is 2. The Morgan fingerprint density at radius 2 is 2.17 bits per heavy atom. The molecule has 0 spiro atoms. The van der Waals surface area contributed by atoms with E-state index in [2.05, 4.69) is 47.8 Å². The van der Waals surface area contributed by atoms with Crippen LogP contribution in [0.4, 0.5) is 0 Å². The summed E-state index contributed by atoms with van der Waals surface area (Å²) in [5.74, 6) is 0. The van der Waals surface area contributed by atoms with E-state index in [1.54, 1.807) is 11.8 Å². The summed E-state index contributed by atoms with van der Waals surface area (Å²) >= 11 is 5.24. The van der Waals surface area contributed by atoms with Crippen LogP contribution >= 0.6 is 27.7 Å². The molecule has 0 aliphatic heterocycles. The van der Waals surface area contributed by atoms with Crippen LogP contribution < -0.4 is 0 Å². The van der Waals surface area contributed by atoms with Gasteiger partial charge >= 0.3 is 0 Å². The summed E-state index contributed by atoms with van der Waals surface area (Å²) < 4.78 is 1.15. The highest BCUT2D eigenvalue weighted by Gasteiger charge is 2.03. The van der Waals surface area contributed by atoms with Crippen molar-refractivity contribution in [1.82, 2.24) is 0 Å². The van der Waals surface area contributed by atoms with Gasteiger partial charge in [0.1, 0.15) is 0 Å². The first-order valence-electron chi connectivity index (χ1n) is 3.66. The van der Waals surface area contributed by atoms with E-state index >= 15 is 0 Å². The highest BCUT2D eigenvalue weighted by molar-refractivity contribution is 9.10. The maximum Gasteiger partial charge on any atom is 0.0211 e. The first-order chi connectivity index (χ1) is 5.70. The van der Waals surface area contributed by atoms with Gasteiger partial charge in [-0.15, -0.1) is 11.8 Å². The molecule has 0 aliphatic rings. The van der Waals surface area contributed by atoms with E-state index in [1.165, 1.54) is 16.0 Å². The Morgan fingerprint density at radius 3 is 2.67 bits per heavy atom.